The highest BCUT2D eigenvalue weighted by molar-refractivity contribution is 7.80. The van der Waals surface area contributed by atoms with Crippen molar-refractivity contribution >= 4 is 28.9 Å². The Labute approximate surface area is 98.7 Å². The highest BCUT2D eigenvalue weighted by Gasteiger charge is 1.99. The summed E-state index contributed by atoms with van der Waals surface area (Å²) < 4.78 is 0. The molecule has 4 N–H and O–H groups in total. The summed E-state index contributed by atoms with van der Waals surface area (Å²) in [5.74, 6) is 0.557. The van der Waals surface area contributed by atoms with Crippen molar-refractivity contribution in [2.24, 2.45) is 5.73 Å². The van der Waals surface area contributed by atoms with E-state index in [1.807, 2.05) is 0 Å². The third-order valence-electron chi connectivity index (χ3n) is 1.71. The molecule has 0 aliphatic rings. The van der Waals surface area contributed by atoms with Crippen LogP contribution in [0.5, 0.6) is 0 Å². The van der Waals surface area contributed by atoms with E-state index in [1.54, 1.807) is 6.20 Å². The van der Waals surface area contributed by atoms with Crippen molar-refractivity contribution in [1.29, 1.82) is 0 Å². The molecule has 86 valence electrons. The zero-order valence-corrected chi connectivity index (χ0v) is 9.67. The van der Waals surface area contributed by atoms with E-state index in [0.29, 0.717) is 24.6 Å². The number of carbonyl (C=O) groups is 1. The van der Waals surface area contributed by atoms with Crippen molar-refractivity contribution in [1.82, 2.24) is 15.3 Å². The third kappa shape index (κ3) is 4.18. The Hall–Kier alpha value is -1.76. The van der Waals surface area contributed by atoms with E-state index in [0.717, 1.165) is 0 Å². The second-order valence-electron chi connectivity index (χ2n) is 3.06. The van der Waals surface area contributed by atoms with Gasteiger partial charge in [0.15, 0.2) is 0 Å². The lowest BCUT2D eigenvalue weighted by molar-refractivity contribution is -0.118. The number of nitrogens with zero attached hydrogens (tertiary/aromatic N) is 2. The number of aromatic nitrogens is 2. The van der Waals surface area contributed by atoms with Crippen LogP contribution in [-0.2, 0) is 4.79 Å². The SMILES string of the molecule is CC(=O)NCCNc1cnc(C(N)=S)cn1. The van der Waals surface area contributed by atoms with Crippen LogP contribution in [0.2, 0.25) is 0 Å². The molecular weight excluding hydrogens is 226 g/mol. The van der Waals surface area contributed by atoms with Crippen LogP contribution in [0.1, 0.15) is 12.6 Å². The van der Waals surface area contributed by atoms with Crippen LogP contribution in [0.25, 0.3) is 0 Å². The van der Waals surface area contributed by atoms with E-state index in [1.165, 1.54) is 13.1 Å². The van der Waals surface area contributed by atoms with Gasteiger partial charge in [-0.1, -0.05) is 12.2 Å². The summed E-state index contributed by atoms with van der Waals surface area (Å²) in [4.78, 5) is 18.9. The van der Waals surface area contributed by atoms with Gasteiger partial charge in [0, 0.05) is 20.0 Å². The minimum Gasteiger partial charge on any atom is -0.388 e. The molecule has 16 heavy (non-hydrogen) atoms. The van der Waals surface area contributed by atoms with Gasteiger partial charge in [0.1, 0.15) is 16.5 Å². The monoisotopic (exact) mass is 239 g/mol. The van der Waals surface area contributed by atoms with Gasteiger partial charge >= 0.3 is 0 Å². The zero-order valence-electron chi connectivity index (χ0n) is 8.86. The first-order valence-corrected chi connectivity index (χ1v) is 5.10. The summed E-state index contributed by atoms with van der Waals surface area (Å²) in [5.41, 5.74) is 5.87. The van der Waals surface area contributed by atoms with Gasteiger partial charge in [-0.05, 0) is 0 Å². The van der Waals surface area contributed by atoms with Gasteiger partial charge in [-0.3, -0.25) is 4.79 Å². The molecule has 0 aliphatic carbocycles. The molecule has 7 heteroatoms. The van der Waals surface area contributed by atoms with Crippen molar-refractivity contribution in [2.75, 3.05) is 18.4 Å². The predicted molar refractivity (Wildman–Crippen MR) is 65.1 cm³/mol. The van der Waals surface area contributed by atoms with Crippen molar-refractivity contribution in [2.45, 2.75) is 6.92 Å². The van der Waals surface area contributed by atoms with E-state index in [2.05, 4.69) is 20.6 Å². The quantitative estimate of drug-likeness (QED) is 0.481. The summed E-state index contributed by atoms with van der Waals surface area (Å²) in [6.07, 6.45) is 3.05. The largest absolute Gasteiger partial charge is 0.388 e. The molecular formula is C9H13N5OS. The van der Waals surface area contributed by atoms with Gasteiger partial charge in [0.05, 0.1) is 12.4 Å². The maximum absolute atomic E-state index is 10.6. The maximum atomic E-state index is 10.6. The smallest absolute Gasteiger partial charge is 0.216 e. The fraction of sp³-hybridized carbons (Fsp3) is 0.333. The minimum atomic E-state index is -0.0586. The summed E-state index contributed by atoms with van der Waals surface area (Å²) >= 11 is 4.75. The molecule has 1 heterocycles. The van der Waals surface area contributed by atoms with E-state index in [9.17, 15) is 4.79 Å². The molecule has 6 nitrogen and oxygen atoms in total. The number of carbonyl (C=O) groups excluding carboxylic acids is 1. The standard InChI is InChI=1S/C9H13N5OS/c1-6(15)11-2-3-12-8-5-13-7(4-14-8)9(10)16/h4-5H,2-3H2,1H3,(H2,10,16)(H,11,15)(H,12,14). The van der Waals surface area contributed by atoms with Crippen LogP contribution in [0.15, 0.2) is 12.4 Å². The van der Waals surface area contributed by atoms with Crippen molar-refractivity contribution in [3.8, 4) is 0 Å². The van der Waals surface area contributed by atoms with Crippen molar-refractivity contribution in [3.63, 3.8) is 0 Å². The molecule has 0 aromatic carbocycles. The fourth-order valence-corrected chi connectivity index (χ4v) is 1.08. The molecule has 1 aromatic heterocycles. The molecule has 1 rings (SSSR count). The maximum Gasteiger partial charge on any atom is 0.216 e. The topological polar surface area (TPSA) is 92.9 Å². The molecule has 0 atom stereocenters. The molecule has 1 aromatic rings. The summed E-state index contributed by atoms with van der Waals surface area (Å²) in [7, 11) is 0. The molecule has 0 saturated carbocycles. The number of hydrogen-bond donors (Lipinski definition) is 3. The van der Waals surface area contributed by atoms with Crippen LogP contribution in [0, 0.1) is 0 Å². The lowest BCUT2D eigenvalue weighted by Crippen LogP contribution is -2.26. The van der Waals surface area contributed by atoms with Crippen molar-refractivity contribution < 1.29 is 4.79 Å². The Morgan fingerprint density at radius 3 is 2.69 bits per heavy atom. The lowest BCUT2D eigenvalue weighted by atomic mass is 10.4. The van der Waals surface area contributed by atoms with E-state index >= 15 is 0 Å². The van der Waals surface area contributed by atoms with Crippen LogP contribution in [0.3, 0.4) is 0 Å². The normalized spacial score (nSPS) is 9.56. The van der Waals surface area contributed by atoms with Crippen LogP contribution in [0.4, 0.5) is 5.82 Å². The van der Waals surface area contributed by atoms with Crippen LogP contribution < -0.4 is 16.4 Å². The third-order valence-corrected chi connectivity index (χ3v) is 1.92. The van der Waals surface area contributed by atoms with Crippen LogP contribution >= 0.6 is 12.2 Å². The molecule has 0 saturated heterocycles. The first-order chi connectivity index (χ1) is 7.59. The summed E-state index contributed by atoms with van der Waals surface area (Å²) in [5, 5.41) is 5.65. The van der Waals surface area contributed by atoms with Gasteiger partial charge in [0.25, 0.3) is 0 Å². The number of nitrogens with one attached hydrogen (secondary N) is 2. The minimum absolute atomic E-state index is 0.0586. The van der Waals surface area contributed by atoms with E-state index in [-0.39, 0.29) is 10.9 Å². The first kappa shape index (κ1) is 12.3. The second-order valence-corrected chi connectivity index (χ2v) is 3.50. The number of anilines is 1. The average Bonchev–Trinajstić information content (AvgIpc) is 2.25. The van der Waals surface area contributed by atoms with E-state index in [4.69, 9.17) is 18.0 Å². The molecule has 0 fully saturated rings. The Morgan fingerprint density at radius 2 is 2.19 bits per heavy atom. The van der Waals surface area contributed by atoms with Gasteiger partial charge < -0.3 is 16.4 Å². The predicted octanol–water partition coefficient (Wildman–Crippen LogP) is -0.341. The molecule has 0 bridgehead atoms. The molecule has 1 amide bonds. The Kier molecular flexibility index (Phi) is 4.59. The first-order valence-electron chi connectivity index (χ1n) is 4.69. The number of nitrogens with two attached hydrogens (primary N) is 1. The fourth-order valence-electron chi connectivity index (χ4n) is 0.976. The van der Waals surface area contributed by atoms with Gasteiger partial charge in [-0.15, -0.1) is 0 Å². The van der Waals surface area contributed by atoms with Crippen molar-refractivity contribution in [3.05, 3.63) is 18.1 Å². The number of amides is 1. The Bertz CT molecular complexity index is 378. The highest BCUT2D eigenvalue weighted by Crippen LogP contribution is 1.99. The Balaban J connectivity index is 2.38. The Morgan fingerprint density at radius 1 is 1.44 bits per heavy atom. The molecule has 0 aliphatic heterocycles. The van der Waals surface area contributed by atoms with Gasteiger partial charge in [0.2, 0.25) is 5.91 Å². The van der Waals surface area contributed by atoms with E-state index < -0.39 is 0 Å². The van der Waals surface area contributed by atoms with Gasteiger partial charge in [-0.2, -0.15) is 0 Å². The number of thiocarbonyl (C=S) groups is 1. The second kappa shape index (κ2) is 5.96. The van der Waals surface area contributed by atoms with Crippen LogP contribution in [-0.4, -0.2) is 34.0 Å². The molecule has 0 unspecified atom stereocenters. The number of rotatable bonds is 5. The lowest BCUT2D eigenvalue weighted by Gasteiger charge is -2.05. The van der Waals surface area contributed by atoms with Gasteiger partial charge in [-0.25, -0.2) is 9.97 Å². The zero-order chi connectivity index (χ0) is 12.0. The number of hydrogen-bond acceptors (Lipinski definition) is 5. The highest BCUT2D eigenvalue weighted by atomic mass is 32.1. The average molecular weight is 239 g/mol. The molecule has 0 radical (unpaired) electrons. The summed E-state index contributed by atoms with van der Waals surface area (Å²) in [6.45, 7) is 2.59. The molecule has 0 spiro atoms. The summed E-state index contributed by atoms with van der Waals surface area (Å²) in [6, 6.07) is 0.